The van der Waals surface area contributed by atoms with Gasteiger partial charge in [-0.05, 0) is 18.6 Å². The molecule has 21 heavy (non-hydrogen) atoms. The number of fused-ring (bicyclic) bond motifs is 1. The van der Waals surface area contributed by atoms with Gasteiger partial charge in [0.25, 0.3) is 0 Å². The zero-order chi connectivity index (χ0) is 15.1. The molecular weight excluding hydrogens is 274 g/mol. The second-order valence-corrected chi connectivity index (χ2v) is 4.89. The van der Waals surface area contributed by atoms with Crippen LogP contribution in [0.1, 0.15) is 25.3 Å². The molecule has 1 aliphatic rings. The first-order valence-corrected chi connectivity index (χ1v) is 7.11. The number of oxime groups is 1. The molecule has 0 saturated heterocycles. The smallest absolute Gasteiger partial charge is 0.134 e. The minimum Gasteiger partial charge on any atom is -0.491 e. The van der Waals surface area contributed by atoms with Crippen LogP contribution < -0.4 is 9.47 Å². The van der Waals surface area contributed by atoms with Gasteiger partial charge >= 0.3 is 0 Å². The van der Waals surface area contributed by atoms with E-state index in [0.717, 1.165) is 18.4 Å². The number of benzene rings is 1. The number of nitrogens with zero attached hydrogens (tertiary/aromatic N) is 1. The van der Waals surface area contributed by atoms with Crippen molar-refractivity contribution in [3.63, 3.8) is 0 Å². The van der Waals surface area contributed by atoms with Crippen molar-refractivity contribution in [3.8, 4) is 11.5 Å². The summed E-state index contributed by atoms with van der Waals surface area (Å²) in [5.74, 6) is 1.22. The highest BCUT2D eigenvalue weighted by atomic mass is 16.5. The lowest BCUT2D eigenvalue weighted by atomic mass is 10.1. The number of hydrogen-bond donors (Lipinski definition) is 2. The van der Waals surface area contributed by atoms with Gasteiger partial charge in [0.05, 0.1) is 6.61 Å². The van der Waals surface area contributed by atoms with Gasteiger partial charge < -0.3 is 24.5 Å². The number of aliphatic hydroxyl groups excluding tert-OH is 1. The maximum atomic E-state index is 9.75. The van der Waals surface area contributed by atoms with Crippen molar-refractivity contribution in [1.82, 2.24) is 0 Å². The van der Waals surface area contributed by atoms with E-state index in [4.69, 9.17) is 19.4 Å². The molecule has 0 fully saturated rings. The first-order chi connectivity index (χ1) is 10.2. The molecule has 1 atom stereocenters. The highest BCUT2D eigenvalue weighted by molar-refractivity contribution is 6.05. The average molecular weight is 295 g/mol. The fourth-order valence-electron chi connectivity index (χ4n) is 1.96. The van der Waals surface area contributed by atoms with E-state index in [-0.39, 0.29) is 19.8 Å². The van der Waals surface area contributed by atoms with Crippen molar-refractivity contribution in [3.05, 3.63) is 23.8 Å². The van der Waals surface area contributed by atoms with E-state index in [1.165, 1.54) is 0 Å². The Labute approximate surface area is 123 Å². The summed E-state index contributed by atoms with van der Waals surface area (Å²) >= 11 is 0. The standard InChI is InChI=1S/C15H21NO5/c1-2-3-6-19-8-11(17)9-20-12-4-5-13-14(16-18)10-21-15(13)7-12/h4-5,7,11,17-18H,2-3,6,8-10H2,1H3/b16-14+. The molecule has 1 aliphatic heterocycles. The van der Waals surface area contributed by atoms with Gasteiger partial charge in [-0.2, -0.15) is 0 Å². The van der Waals surface area contributed by atoms with E-state index in [1.807, 2.05) is 0 Å². The Morgan fingerprint density at radius 1 is 1.38 bits per heavy atom. The topological polar surface area (TPSA) is 80.5 Å². The van der Waals surface area contributed by atoms with Crippen molar-refractivity contribution in [2.75, 3.05) is 26.4 Å². The van der Waals surface area contributed by atoms with Crippen LogP contribution >= 0.6 is 0 Å². The largest absolute Gasteiger partial charge is 0.491 e. The zero-order valence-electron chi connectivity index (χ0n) is 12.1. The minimum atomic E-state index is -0.661. The van der Waals surface area contributed by atoms with Crippen LogP contribution in [0, 0.1) is 0 Å². The Bertz CT molecular complexity index is 489. The van der Waals surface area contributed by atoms with Crippen LogP contribution in [0.2, 0.25) is 0 Å². The van der Waals surface area contributed by atoms with Gasteiger partial charge in [0, 0.05) is 18.2 Å². The molecule has 0 amide bonds. The number of aliphatic hydroxyl groups is 1. The molecule has 1 unspecified atom stereocenters. The summed E-state index contributed by atoms with van der Waals surface area (Å²) in [5, 5.41) is 21.7. The normalized spacial score (nSPS) is 16.6. The summed E-state index contributed by atoms with van der Waals surface area (Å²) in [6.45, 7) is 3.42. The monoisotopic (exact) mass is 295 g/mol. The van der Waals surface area contributed by atoms with Gasteiger partial charge in [-0.3, -0.25) is 0 Å². The first-order valence-electron chi connectivity index (χ1n) is 7.11. The molecule has 0 spiro atoms. The third-order valence-electron chi connectivity index (χ3n) is 3.14. The lowest BCUT2D eigenvalue weighted by Crippen LogP contribution is -2.23. The lowest BCUT2D eigenvalue weighted by molar-refractivity contribution is 0.0113. The molecule has 1 aromatic rings. The molecule has 1 heterocycles. The zero-order valence-corrected chi connectivity index (χ0v) is 12.1. The van der Waals surface area contributed by atoms with Crippen molar-refractivity contribution in [1.29, 1.82) is 0 Å². The third kappa shape index (κ3) is 4.34. The molecule has 0 aliphatic carbocycles. The number of ether oxygens (including phenoxy) is 3. The van der Waals surface area contributed by atoms with Crippen LogP contribution in [0.4, 0.5) is 0 Å². The second-order valence-electron chi connectivity index (χ2n) is 4.89. The van der Waals surface area contributed by atoms with Crippen LogP contribution in [0.3, 0.4) is 0 Å². The Balaban J connectivity index is 1.79. The highest BCUT2D eigenvalue weighted by Crippen LogP contribution is 2.29. The van der Waals surface area contributed by atoms with Gasteiger partial charge in [-0.25, -0.2) is 0 Å². The summed E-state index contributed by atoms with van der Waals surface area (Å²) < 4.78 is 16.2. The predicted molar refractivity (Wildman–Crippen MR) is 77.5 cm³/mol. The second kappa shape index (κ2) is 7.85. The van der Waals surface area contributed by atoms with Gasteiger partial charge in [-0.1, -0.05) is 18.5 Å². The van der Waals surface area contributed by atoms with E-state index in [9.17, 15) is 5.11 Å². The van der Waals surface area contributed by atoms with Crippen molar-refractivity contribution in [2.24, 2.45) is 5.16 Å². The summed E-state index contributed by atoms with van der Waals surface area (Å²) in [6, 6.07) is 5.25. The van der Waals surface area contributed by atoms with E-state index >= 15 is 0 Å². The van der Waals surface area contributed by atoms with E-state index < -0.39 is 6.10 Å². The van der Waals surface area contributed by atoms with Gasteiger partial charge in [0.15, 0.2) is 0 Å². The maximum absolute atomic E-state index is 9.75. The fraction of sp³-hybridized carbons (Fsp3) is 0.533. The molecule has 2 rings (SSSR count). The van der Waals surface area contributed by atoms with Crippen LogP contribution in [0.5, 0.6) is 11.5 Å². The molecule has 116 valence electrons. The molecule has 1 aromatic carbocycles. The quantitative estimate of drug-likeness (QED) is 0.434. The third-order valence-corrected chi connectivity index (χ3v) is 3.14. The predicted octanol–water partition coefficient (Wildman–Crippen LogP) is 1.81. The van der Waals surface area contributed by atoms with E-state index in [0.29, 0.717) is 23.8 Å². The maximum Gasteiger partial charge on any atom is 0.134 e. The van der Waals surface area contributed by atoms with Crippen LogP contribution in [0.15, 0.2) is 23.4 Å². The molecule has 6 heteroatoms. The molecule has 0 aromatic heterocycles. The summed E-state index contributed by atoms with van der Waals surface area (Å²) in [7, 11) is 0. The molecule has 0 radical (unpaired) electrons. The molecule has 0 bridgehead atoms. The average Bonchev–Trinajstić information content (AvgIpc) is 2.91. The van der Waals surface area contributed by atoms with Crippen LogP contribution in [-0.4, -0.2) is 48.6 Å². The van der Waals surface area contributed by atoms with Gasteiger partial charge in [-0.15, -0.1) is 0 Å². The van der Waals surface area contributed by atoms with Crippen molar-refractivity contribution < 1.29 is 24.5 Å². The summed E-state index contributed by atoms with van der Waals surface area (Å²) in [5.41, 5.74) is 1.26. The summed E-state index contributed by atoms with van der Waals surface area (Å²) in [6.07, 6.45) is 1.40. The van der Waals surface area contributed by atoms with Gasteiger partial charge in [0.2, 0.25) is 0 Å². The minimum absolute atomic E-state index is 0.159. The first kappa shape index (κ1) is 15.6. The van der Waals surface area contributed by atoms with Crippen LogP contribution in [0.25, 0.3) is 0 Å². The number of hydrogen-bond acceptors (Lipinski definition) is 6. The number of rotatable bonds is 8. The fourth-order valence-corrected chi connectivity index (χ4v) is 1.96. The molecule has 6 nitrogen and oxygen atoms in total. The lowest BCUT2D eigenvalue weighted by Gasteiger charge is -2.13. The molecule has 2 N–H and O–H groups in total. The Morgan fingerprint density at radius 2 is 2.24 bits per heavy atom. The Kier molecular flexibility index (Phi) is 5.83. The SMILES string of the molecule is CCCCOCC(O)COc1ccc2c(c1)OC/C2=N\O. The summed E-state index contributed by atoms with van der Waals surface area (Å²) in [4.78, 5) is 0. The number of unbranched alkanes of at least 4 members (excludes halogenated alkanes) is 1. The Morgan fingerprint density at radius 3 is 3.00 bits per heavy atom. The van der Waals surface area contributed by atoms with Crippen molar-refractivity contribution >= 4 is 5.71 Å². The van der Waals surface area contributed by atoms with E-state index in [2.05, 4.69) is 12.1 Å². The highest BCUT2D eigenvalue weighted by Gasteiger charge is 2.20. The van der Waals surface area contributed by atoms with Crippen molar-refractivity contribution in [2.45, 2.75) is 25.9 Å². The molecule has 0 saturated carbocycles. The van der Waals surface area contributed by atoms with E-state index in [1.54, 1.807) is 18.2 Å². The van der Waals surface area contributed by atoms with Crippen LogP contribution in [-0.2, 0) is 4.74 Å². The Hall–Kier alpha value is -1.79. The molecular formula is C15H21NO5. The van der Waals surface area contributed by atoms with Gasteiger partial charge in [0.1, 0.15) is 36.5 Å².